The molecule has 1 fully saturated rings. The molecule has 2 rings (SSSR count). The van der Waals surface area contributed by atoms with Gasteiger partial charge in [0.1, 0.15) is 5.82 Å². The summed E-state index contributed by atoms with van der Waals surface area (Å²) in [5.41, 5.74) is 6.17. The van der Waals surface area contributed by atoms with Gasteiger partial charge in [0, 0.05) is 18.7 Å². The van der Waals surface area contributed by atoms with Crippen LogP contribution in [0.5, 0.6) is 0 Å². The lowest BCUT2D eigenvalue weighted by molar-refractivity contribution is 0.578. The molecule has 1 heterocycles. The van der Waals surface area contributed by atoms with Crippen molar-refractivity contribution >= 4 is 11.4 Å². The summed E-state index contributed by atoms with van der Waals surface area (Å²) in [7, 11) is 0. The molecule has 0 aliphatic carbocycles. The van der Waals surface area contributed by atoms with Gasteiger partial charge >= 0.3 is 0 Å². The van der Waals surface area contributed by atoms with Gasteiger partial charge in [0.2, 0.25) is 0 Å². The molecule has 0 bridgehead atoms. The molecule has 1 aliphatic rings. The topological polar surface area (TPSA) is 29.3 Å². The number of nitrogen functional groups attached to an aromatic ring is 1. The Balaban J connectivity index is 2.43. The second kappa shape index (κ2) is 3.68. The van der Waals surface area contributed by atoms with Crippen molar-refractivity contribution < 1.29 is 8.78 Å². The van der Waals surface area contributed by atoms with E-state index in [1.165, 1.54) is 6.07 Å². The van der Waals surface area contributed by atoms with Gasteiger partial charge in [0.05, 0.1) is 11.4 Å². The Hall–Kier alpha value is -1.32. The number of anilines is 2. The van der Waals surface area contributed by atoms with E-state index in [1.807, 2.05) is 11.8 Å². The number of nitrogens with zero attached hydrogens (tertiary/aromatic N) is 1. The summed E-state index contributed by atoms with van der Waals surface area (Å²) in [6.45, 7) is 2.81. The summed E-state index contributed by atoms with van der Waals surface area (Å²) < 4.78 is 26.4. The van der Waals surface area contributed by atoms with E-state index in [-0.39, 0.29) is 11.7 Å². The van der Waals surface area contributed by atoms with Gasteiger partial charge in [0.15, 0.2) is 5.82 Å². The first kappa shape index (κ1) is 10.2. The first-order valence-electron chi connectivity index (χ1n) is 5.10. The fraction of sp³-hybridized carbons (Fsp3) is 0.455. The molecule has 2 nitrogen and oxygen atoms in total. The maximum absolute atomic E-state index is 13.6. The molecule has 0 saturated carbocycles. The van der Waals surface area contributed by atoms with Crippen LogP contribution in [0.1, 0.15) is 19.8 Å². The zero-order valence-electron chi connectivity index (χ0n) is 8.63. The highest BCUT2D eigenvalue weighted by atomic mass is 19.1. The van der Waals surface area contributed by atoms with Crippen molar-refractivity contribution in [2.75, 3.05) is 17.2 Å². The Morgan fingerprint density at radius 2 is 2.13 bits per heavy atom. The number of hydrogen-bond acceptors (Lipinski definition) is 2. The fourth-order valence-corrected chi connectivity index (χ4v) is 2.15. The van der Waals surface area contributed by atoms with E-state index in [0.717, 1.165) is 25.5 Å². The third kappa shape index (κ3) is 1.76. The van der Waals surface area contributed by atoms with Crippen LogP contribution in [0.4, 0.5) is 20.2 Å². The van der Waals surface area contributed by atoms with Crippen LogP contribution < -0.4 is 10.6 Å². The average molecular weight is 212 g/mol. The molecule has 15 heavy (non-hydrogen) atoms. The third-order valence-corrected chi connectivity index (χ3v) is 2.90. The van der Waals surface area contributed by atoms with Crippen molar-refractivity contribution in [3.63, 3.8) is 0 Å². The third-order valence-electron chi connectivity index (χ3n) is 2.90. The van der Waals surface area contributed by atoms with E-state index >= 15 is 0 Å². The number of hydrogen-bond donors (Lipinski definition) is 1. The molecule has 0 amide bonds. The number of halogens is 2. The van der Waals surface area contributed by atoms with Gasteiger partial charge in [-0.05, 0) is 25.8 Å². The van der Waals surface area contributed by atoms with E-state index < -0.39 is 11.6 Å². The van der Waals surface area contributed by atoms with Crippen LogP contribution in [0.25, 0.3) is 0 Å². The lowest BCUT2D eigenvalue weighted by atomic mass is 10.2. The molecule has 1 aliphatic heterocycles. The van der Waals surface area contributed by atoms with Crippen LogP contribution in [0.2, 0.25) is 0 Å². The number of benzene rings is 1. The molecule has 0 spiro atoms. The summed E-state index contributed by atoms with van der Waals surface area (Å²) in [6, 6.07) is 2.33. The fourth-order valence-electron chi connectivity index (χ4n) is 2.15. The Bertz CT molecular complexity index is 356. The maximum Gasteiger partial charge on any atom is 0.151 e. The summed E-state index contributed by atoms with van der Waals surface area (Å²) >= 11 is 0. The van der Waals surface area contributed by atoms with Crippen molar-refractivity contribution in [1.82, 2.24) is 0 Å². The SMILES string of the molecule is CC1CCCN1c1c(N)cc(F)cc1F. The molecule has 1 unspecified atom stereocenters. The van der Waals surface area contributed by atoms with Crippen LogP contribution in [0, 0.1) is 11.6 Å². The number of nitrogens with two attached hydrogens (primary N) is 1. The molecule has 82 valence electrons. The van der Waals surface area contributed by atoms with Gasteiger partial charge in [-0.1, -0.05) is 0 Å². The van der Waals surface area contributed by atoms with Crippen LogP contribution in [0.3, 0.4) is 0 Å². The summed E-state index contributed by atoms with van der Waals surface area (Å²) in [6.07, 6.45) is 2.05. The highest BCUT2D eigenvalue weighted by molar-refractivity contribution is 5.69. The first-order chi connectivity index (χ1) is 7.09. The highest BCUT2D eigenvalue weighted by Crippen LogP contribution is 2.33. The van der Waals surface area contributed by atoms with Gasteiger partial charge in [-0.2, -0.15) is 0 Å². The van der Waals surface area contributed by atoms with Gasteiger partial charge in [-0.15, -0.1) is 0 Å². The van der Waals surface area contributed by atoms with Crippen molar-refractivity contribution in [3.05, 3.63) is 23.8 Å². The smallest absolute Gasteiger partial charge is 0.151 e. The average Bonchev–Trinajstić information content (AvgIpc) is 2.50. The minimum Gasteiger partial charge on any atom is -0.397 e. The predicted octanol–water partition coefficient (Wildman–Crippen LogP) is 2.54. The second-order valence-corrected chi connectivity index (χ2v) is 4.01. The molecule has 1 aromatic rings. The van der Waals surface area contributed by atoms with Crippen molar-refractivity contribution in [2.24, 2.45) is 0 Å². The normalized spacial score (nSPS) is 21.0. The van der Waals surface area contributed by atoms with Crippen LogP contribution in [-0.2, 0) is 0 Å². The minimum atomic E-state index is -0.624. The lowest BCUT2D eigenvalue weighted by Crippen LogP contribution is -2.28. The molecule has 4 heteroatoms. The monoisotopic (exact) mass is 212 g/mol. The Labute approximate surface area is 87.7 Å². The summed E-state index contributed by atoms with van der Waals surface area (Å²) in [4.78, 5) is 1.91. The lowest BCUT2D eigenvalue weighted by Gasteiger charge is -2.25. The van der Waals surface area contributed by atoms with Crippen LogP contribution in [-0.4, -0.2) is 12.6 Å². The predicted molar refractivity (Wildman–Crippen MR) is 56.8 cm³/mol. The molecule has 2 N–H and O–H groups in total. The first-order valence-corrected chi connectivity index (χ1v) is 5.10. The molecule has 1 atom stereocenters. The van der Waals surface area contributed by atoms with Crippen LogP contribution in [0.15, 0.2) is 12.1 Å². The minimum absolute atomic E-state index is 0.182. The number of rotatable bonds is 1. The molecule has 0 radical (unpaired) electrons. The van der Waals surface area contributed by atoms with E-state index in [2.05, 4.69) is 0 Å². The molecule has 0 aromatic heterocycles. The molecular weight excluding hydrogens is 198 g/mol. The van der Waals surface area contributed by atoms with Gasteiger partial charge in [-0.3, -0.25) is 0 Å². The quantitative estimate of drug-likeness (QED) is 0.725. The highest BCUT2D eigenvalue weighted by Gasteiger charge is 2.25. The van der Waals surface area contributed by atoms with Crippen LogP contribution >= 0.6 is 0 Å². The summed E-state index contributed by atoms with van der Waals surface area (Å²) in [5.74, 6) is -1.19. The Morgan fingerprint density at radius 3 is 2.67 bits per heavy atom. The zero-order chi connectivity index (χ0) is 11.0. The van der Waals surface area contributed by atoms with E-state index in [1.54, 1.807) is 0 Å². The molecular formula is C11H14F2N2. The Kier molecular flexibility index (Phi) is 2.50. The second-order valence-electron chi connectivity index (χ2n) is 4.01. The van der Waals surface area contributed by atoms with Gasteiger partial charge in [0.25, 0.3) is 0 Å². The van der Waals surface area contributed by atoms with Crippen molar-refractivity contribution in [3.8, 4) is 0 Å². The van der Waals surface area contributed by atoms with Gasteiger partial charge in [-0.25, -0.2) is 8.78 Å². The standard InChI is InChI=1S/C11H14F2N2/c1-7-3-2-4-15(7)11-9(13)5-8(12)6-10(11)14/h5-7H,2-4,14H2,1H3. The Morgan fingerprint density at radius 1 is 1.40 bits per heavy atom. The van der Waals surface area contributed by atoms with E-state index in [4.69, 9.17) is 5.73 Å². The maximum atomic E-state index is 13.6. The molecule has 1 aromatic carbocycles. The molecule has 1 saturated heterocycles. The largest absolute Gasteiger partial charge is 0.397 e. The van der Waals surface area contributed by atoms with E-state index in [0.29, 0.717) is 5.69 Å². The zero-order valence-corrected chi connectivity index (χ0v) is 8.63. The van der Waals surface area contributed by atoms with Gasteiger partial charge < -0.3 is 10.6 Å². The summed E-state index contributed by atoms with van der Waals surface area (Å²) in [5, 5.41) is 0. The van der Waals surface area contributed by atoms with Crippen molar-refractivity contribution in [1.29, 1.82) is 0 Å². The van der Waals surface area contributed by atoms with Crippen molar-refractivity contribution in [2.45, 2.75) is 25.8 Å². The van der Waals surface area contributed by atoms with E-state index in [9.17, 15) is 8.78 Å².